The van der Waals surface area contributed by atoms with Crippen LogP contribution in [0.5, 0.6) is 0 Å². The Morgan fingerprint density at radius 2 is 1.58 bits per heavy atom. The van der Waals surface area contributed by atoms with Crippen molar-refractivity contribution in [3.05, 3.63) is 136 Å². The Morgan fingerprint density at radius 3 is 2.42 bits per heavy atom. The summed E-state index contributed by atoms with van der Waals surface area (Å²) in [5.74, 6) is 0.844. The first-order valence-electron chi connectivity index (χ1n) is 15.7. The second-order valence-electron chi connectivity index (χ2n) is 13.0. The van der Waals surface area contributed by atoms with E-state index in [4.69, 9.17) is 7.85 Å². The number of allylic oxidation sites excluding steroid dienone is 2. The Kier molecular flexibility index (Phi) is 5.39. The molecule has 2 aromatic heterocycles. The standard InChI is InChI=1S/C40H33BN2/c1-24-7-14-34-36-22-29(12-16-39(36)43(40(34)19-24)32-18-25(2)17-30(41)23-32)28-11-15-38-35(21-28)33-5-3-4-6-37(33)42(38)31-13-10-26-8-9-27(26)20-31/h3-7,10-18,20-21,23-24,29H,8-9,19,22H2,1-2H3. The maximum atomic E-state index is 6.34. The minimum atomic E-state index is 0.325. The quantitative estimate of drug-likeness (QED) is 0.195. The summed E-state index contributed by atoms with van der Waals surface area (Å²) in [6.45, 7) is 4.44. The number of fused-ring (bicyclic) bond motifs is 7. The van der Waals surface area contributed by atoms with Crippen molar-refractivity contribution in [2.24, 2.45) is 5.92 Å². The molecule has 0 fully saturated rings. The molecule has 0 bridgehead atoms. The molecule has 43 heavy (non-hydrogen) atoms. The molecule has 2 radical (unpaired) electrons. The van der Waals surface area contributed by atoms with Crippen molar-refractivity contribution >= 4 is 47.3 Å². The number of benzene rings is 4. The van der Waals surface area contributed by atoms with Gasteiger partial charge < -0.3 is 9.13 Å². The van der Waals surface area contributed by atoms with E-state index >= 15 is 0 Å². The monoisotopic (exact) mass is 552 g/mol. The van der Waals surface area contributed by atoms with Gasteiger partial charge in [0.1, 0.15) is 7.85 Å². The highest BCUT2D eigenvalue weighted by molar-refractivity contribution is 6.32. The lowest BCUT2D eigenvalue weighted by molar-refractivity contribution is 0.686. The van der Waals surface area contributed by atoms with Gasteiger partial charge in [0.15, 0.2) is 0 Å². The first kappa shape index (κ1) is 25.0. The average molecular weight is 553 g/mol. The van der Waals surface area contributed by atoms with Crippen LogP contribution in [0, 0.1) is 12.8 Å². The Morgan fingerprint density at radius 1 is 0.721 bits per heavy atom. The van der Waals surface area contributed by atoms with Crippen LogP contribution in [0.3, 0.4) is 0 Å². The van der Waals surface area contributed by atoms with Crippen molar-refractivity contribution < 1.29 is 0 Å². The van der Waals surface area contributed by atoms with Gasteiger partial charge in [-0.15, -0.1) is 0 Å². The predicted octanol–water partition coefficient (Wildman–Crippen LogP) is 8.33. The molecule has 2 unspecified atom stereocenters. The van der Waals surface area contributed by atoms with Gasteiger partial charge in [-0.3, -0.25) is 0 Å². The van der Waals surface area contributed by atoms with Gasteiger partial charge in [0.05, 0.1) is 11.0 Å². The topological polar surface area (TPSA) is 9.86 Å². The third kappa shape index (κ3) is 3.80. The highest BCUT2D eigenvalue weighted by Gasteiger charge is 2.29. The molecule has 2 heterocycles. The van der Waals surface area contributed by atoms with E-state index in [-0.39, 0.29) is 0 Å². The first-order chi connectivity index (χ1) is 21.0. The van der Waals surface area contributed by atoms with E-state index in [1.165, 1.54) is 90.8 Å². The minimum Gasteiger partial charge on any atom is -0.313 e. The molecule has 0 saturated heterocycles. The lowest BCUT2D eigenvalue weighted by Crippen LogP contribution is -2.12. The minimum absolute atomic E-state index is 0.325. The lowest BCUT2D eigenvalue weighted by atomic mass is 9.84. The summed E-state index contributed by atoms with van der Waals surface area (Å²) in [5.41, 5.74) is 17.0. The molecule has 206 valence electrons. The Balaban J connectivity index is 1.17. The molecule has 0 spiro atoms. The van der Waals surface area contributed by atoms with Crippen LogP contribution in [0.4, 0.5) is 0 Å². The summed E-state index contributed by atoms with van der Waals surface area (Å²) in [6.07, 6.45) is 14.0. The van der Waals surface area contributed by atoms with Gasteiger partial charge in [-0.1, -0.05) is 67.0 Å². The molecule has 0 N–H and O–H groups in total. The molecule has 3 aliphatic rings. The Labute approximate surface area is 254 Å². The van der Waals surface area contributed by atoms with Crippen LogP contribution in [0.25, 0.3) is 45.3 Å². The van der Waals surface area contributed by atoms with Gasteiger partial charge in [0, 0.05) is 39.5 Å². The fraction of sp³-hybridized carbons (Fsp3) is 0.200. The molecule has 6 aromatic rings. The number of aromatic nitrogens is 2. The van der Waals surface area contributed by atoms with Crippen molar-refractivity contribution in [1.29, 1.82) is 0 Å². The van der Waals surface area contributed by atoms with E-state index in [0.29, 0.717) is 11.8 Å². The molecular formula is C40H33BN2. The fourth-order valence-corrected chi connectivity index (χ4v) is 7.89. The molecule has 2 atom stereocenters. The number of hydrogen-bond acceptors (Lipinski definition) is 0. The summed E-state index contributed by atoms with van der Waals surface area (Å²) >= 11 is 0. The van der Waals surface area contributed by atoms with Crippen LogP contribution in [0.2, 0.25) is 0 Å². The Hall–Kier alpha value is -4.50. The zero-order valence-corrected chi connectivity index (χ0v) is 24.8. The summed E-state index contributed by atoms with van der Waals surface area (Å²) in [5, 5.41) is 2.65. The molecule has 9 rings (SSSR count). The number of rotatable bonds is 3. The van der Waals surface area contributed by atoms with Gasteiger partial charge in [0.2, 0.25) is 0 Å². The highest BCUT2D eigenvalue weighted by atomic mass is 15.0. The molecular weight excluding hydrogens is 519 g/mol. The van der Waals surface area contributed by atoms with Gasteiger partial charge in [-0.05, 0) is 120 Å². The van der Waals surface area contributed by atoms with Crippen molar-refractivity contribution in [2.45, 2.75) is 45.4 Å². The van der Waals surface area contributed by atoms with E-state index in [2.05, 4.69) is 126 Å². The van der Waals surface area contributed by atoms with E-state index in [1.807, 2.05) is 0 Å². The molecule has 0 amide bonds. The molecule has 3 aliphatic carbocycles. The third-order valence-electron chi connectivity index (χ3n) is 10.1. The predicted molar refractivity (Wildman–Crippen MR) is 181 cm³/mol. The van der Waals surface area contributed by atoms with Crippen molar-refractivity contribution in [1.82, 2.24) is 9.13 Å². The van der Waals surface area contributed by atoms with E-state index in [9.17, 15) is 0 Å². The number of para-hydroxylation sites is 1. The van der Waals surface area contributed by atoms with Gasteiger partial charge in [-0.2, -0.15) is 0 Å². The van der Waals surface area contributed by atoms with Crippen molar-refractivity contribution in [3.63, 3.8) is 0 Å². The second-order valence-corrected chi connectivity index (χ2v) is 13.0. The van der Waals surface area contributed by atoms with Gasteiger partial charge in [0.25, 0.3) is 0 Å². The first-order valence-corrected chi connectivity index (χ1v) is 15.7. The average Bonchev–Trinajstić information content (AvgIpc) is 3.49. The van der Waals surface area contributed by atoms with Crippen LogP contribution in [-0.4, -0.2) is 17.0 Å². The zero-order chi connectivity index (χ0) is 28.8. The highest BCUT2D eigenvalue weighted by Crippen LogP contribution is 2.42. The fourth-order valence-electron chi connectivity index (χ4n) is 7.89. The SMILES string of the molecule is [B]c1cc(C)cc(-n2c3c(c4c2CC(C)C=C4)CC(c2ccc4c(c2)c2ccccc2n4-c2ccc4c(c2)CC4)C=C3)c1. The van der Waals surface area contributed by atoms with Crippen LogP contribution < -0.4 is 5.46 Å². The maximum absolute atomic E-state index is 6.34. The van der Waals surface area contributed by atoms with Crippen molar-refractivity contribution in [2.75, 3.05) is 0 Å². The van der Waals surface area contributed by atoms with Gasteiger partial charge in [-0.25, -0.2) is 0 Å². The molecule has 4 aromatic carbocycles. The smallest absolute Gasteiger partial charge is 0.113 e. The molecule has 3 heteroatoms. The maximum Gasteiger partial charge on any atom is 0.113 e. The number of aryl methyl sites for hydroxylation is 3. The summed E-state index contributed by atoms with van der Waals surface area (Å²) in [7, 11) is 6.34. The van der Waals surface area contributed by atoms with E-state index < -0.39 is 0 Å². The molecule has 0 aliphatic heterocycles. The summed E-state index contributed by atoms with van der Waals surface area (Å²) in [4.78, 5) is 0. The molecule has 0 saturated carbocycles. The van der Waals surface area contributed by atoms with E-state index in [0.717, 1.165) is 18.3 Å². The lowest BCUT2D eigenvalue weighted by Gasteiger charge is -2.21. The molecule has 2 nitrogen and oxygen atoms in total. The van der Waals surface area contributed by atoms with Crippen molar-refractivity contribution in [3.8, 4) is 11.4 Å². The summed E-state index contributed by atoms with van der Waals surface area (Å²) < 4.78 is 4.93. The third-order valence-corrected chi connectivity index (χ3v) is 10.1. The number of nitrogens with zero attached hydrogens (tertiary/aromatic N) is 2. The Bertz CT molecular complexity index is 2170. The van der Waals surface area contributed by atoms with Crippen LogP contribution >= 0.6 is 0 Å². The van der Waals surface area contributed by atoms with Crippen LogP contribution in [-0.2, 0) is 25.7 Å². The second kappa shape index (κ2) is 9.25. The van der Waals surface area contributed by atoms with E-state index in [1.54, 1.807) is 0 Å². The zero-order valence-electron chi connectivity index (χ0n) is 24.8. The van der Waals surface area contributed by atoms with Crippen LogP contribution in [0.15, 0.2) is 91.0 Å². The summed E-state index contributed by atoms with van der Waals surface area (Å²) in [6, 6.07) is 29.5. The normalized spacial score (nSPS) is 18.5. The van der Waals surface area contributed by atoms with Gasteiger partial charge >= 0.3 is 0 Å². The van der Waals surface area contributed by atoms with Crippen LogP contribution in [0.1, 0.15) is 57.6 Å². The number of hydrogen-bond donors (Lipinski definition) is 0. The largest absolute Gasteiger partial charge is 0.313 e.